The minimum atomic E-state index is -0.242. The Morgan fingerprint density at radius 3 is 3.11 bits per heavy atom. The minimum absolute atomic E-state index is 0.204. The summed E-state index contributed by atoms with van der Waals surface area (Å²) in [6, 6.07) is 1.50. The van der Waals surface area contributed by atoms with E-state index in [1.807, 2.05) is 0 Å². The van der Waals surface area contributed by atoms with Crippen LogP contribution in [-0.4, -0.2) is 33.6 Å². The number of amides is 2. The first-order valence-electron chi connectivity index (χ1n) is 6.36. The maximum atomic E-state index is 11.6. The fourth-order valence-electron chi connectivity index (χ4n) is 2.33. The number of aliphatic hydroxyl groups is 1. The Morgan fingerprint density at radius 2 is 2.44 bits per heavy atom. The van der Waals surface area contributed by atoms with E-state index < -0.39 is 0 Å². The van der Waals surface area contributed by atoms with E-state index in [-0.39, 0.29) is 12.1 Å². The van der Waals surface area contributed by atoms with Gasteiger partial charge < -0.3 is 10.4 Å². The molecule has 6 nitrogen and oxygen atoms in total. The van der Waals surface area contributed by atoms with Crippen molar-refractivity contribution in [3.63, 3.8) is 0 Å². The van der Waals surface area contributed by atoms with Gasteiger partial charge in [0.05, 0.1) is 6.10 Å². The molecule has 1 saturated carbocycles. The molecule has 100 valence electrons. The molecule has 0 aliphatic heterocycles. The van der Waals surface area contributed by atoms with Crippen molar-refractivity contribution in [3.05, 3.63) is 12.3 Å². The minimum Gasteiger partial charge on any atom is -0.393 e. The number of nitrogens with zero attached hydrogens (tertiary/aromatic N) is 2. The third-order valence-electron chi connectivity index (χ3n) is 3.26. The van der Waals surface area contributed by atoms with E-state index >= 15 is 0 Å². The third-order valence-corrected chi connectivity index (χ3v) is 3.26. The summed E-state index contributed by atoms with van der Waals surface area (Å²) in [6.45, 7) is 0.607. The Hall–Kier alpha value is -1.56. The van der Waals surface area contributed by atoms with Gasteiger partial charge in [-0.05, 0) is 25.2 Å². The first-order valence-corrected chi connectivity index (χ1v) is 6.36. The van der Waals surface area contributed by atoms with Gasteiger partial charge in [0.15, 0.2) is 5.82 Å². The van der Waals surface area contributed by atoms with Crippen molar-refractivity contribution in [3.8, 4) is 0 Å². The summed E-state index contributed by atoms with van der Waals surface area (Å²) >= 11 is 0. The molecule has 1 aromatic rings. The summed E-state index contributed by atoms with van der Waals surface area (Å²) in [7, 11) is 1.80. The highest BCUT2D eigenvalue weighted by molar-refractivity contribution is 5.88. The molecule has 2 atom stereocenters. The molecule has 18 heavy (non-hydrogen) atoms. The average Bonchev–Trinajstić information content (AvgIpc) is 2.72. The van der Waals surface area contributed by atoms with Crippen LogP contribution in [0.5, 0.6) is 0 Å². The standard InChI is InChI=1S/C12H20N4O2/c1-16-6-5-11(15-16)14-12(18)13-8-9-3-2-4-10(17)7-9/h5-6,9-10,17H,2-4,7-8H2,1H3,(H2,13,14,15,18). The molecular formula is C12H20N4O2. The van der Waals surface area contributed by atoms with E-state index in [4.69, 9.17) is 0 Å². The van der Waals surface area contributed by atoms with Crippen molar-refractivity contribution in [2.24, 2.45) is 13.0 Å². The van der Waals surface area contributed by atoms with E-state index in [0.717, 1.165) is 25.7 Å². The number of carbonyl (C=O) groups is 1. The molecule has 1 aliphatic carbocycles. The smallest absolute Gasteiger partial charge is 0.320 e. The predicted octanol–water partition coefficient (Wildman–Crippen LogP) is 1.09. The van der Waals surface area contributed by atoms with Crippen molar-refractivity contribution in [2.75, 3.05) is 11.9 Å². The van der Waals surface area contributed by atoms with Gasteiger partial charge in [0.1, 0.15) is 0 Å². The molecule has 1 aromatic heterocycles. The summed E-state index contributed by atoms with van der Waals surface area (Å²) < 4.78 is 1.63. The van der Waals surface area contributed by atoms with Crippen molar-refractivity contribution < 1.29 is 9.90 Å². The van der Waals surface area contributed by atoms with Crippen LogP contribution in [0.3, 0.4) is 0 Å². The maximum absolute atomic E-state index is 11.6. The Bertz CT molecular complexity index is 405. The van der Waals surface area contributed by atoms with Gasteiger partial charge in [-0.1, -0.05) is 6.42 Å². The number of carbonyl (C=O) groups excluding carboxylic acids is 1. The van der Waals surface area contributed by atoms with Gasteiger partial charge in [-0.15, -0.1) is 0 Å². The largest absolute Gasteiger partial charge is 0.393 e. The van der Waals surface area contributed by atoms with Crippen LogP contribution in [0.2, 0.25) is 0 Å². The highest BCUT2D eigenvalue weighted by Gasteiger charge is 2.20. The fraction of sp³-hybridized carbons (Fsp3) is 0.667. The second-order valence-electron chi connectivity index (χ2n) is 4.90. The lowest BCUT2D eigenvalue weighted by Gasteiger charge is -2.25. The molecule has 2 amide bonds. The normalized spacial score (nSPS) is 23.7. The molecule has 1 heterocycles. The number of urea groups is 1. The van der Waals surface area contributed by atoms with Crippen LogP contribution < -0.4 is 10.6 Å². The van der Waals surface area contributed by atoms with E-state index in [1.54, 1.807) is 24.0 Å². The molecule has 2 rings (SSSR count). The molecule has 0 radical (unpaired) electrons. The number of nitrogens with one attached hydrogen (secondary N) is 2. The van der Waals surface area contributed by atoms with E-state index in [0.29, 0.717) is 18.3 Å². The summed E-state index contributed by atoms with van der Waals surface area (Å²) in [5.41, 5.74) is 0. The summed E-state index contributed by atoms with van der Waals surface area (Å²) in [5, 5.41) is 19.1. The zero-order valence-electron chi connectivity index (χ0n) is 10.6. The van der Waals surface area contributed by atoms with Crippen LogP contribution in [0.25, 0.3) is 0 Å². The van der Waals surface area contributed by atoms with Gasteiger partial charge in [-0.2, -0.15) is 5.10 Å². The zero-order valence-corrected chi connectivity index (χ0v) is 10.6. The zero-order chi connectivity index (χ0) is 13.0. The van der Waals surface area contributed by atoms with Gasteiger partial charge in [0.2, 0.25) is 0 Å². The summed E-state index contributed by atoms with van der Waals surface area (Å²) in [5.74, 6) is 0.918. The van der Waals surface area contributed by atoms with Crippen LogP contribution in [0.1, 0.15) is 25.7 Å². The van der Waals surface area contributed by atoms with Crippen molar-refractivity contribution in [1.82, 2.24) is 15.1 Å². The number of aryl methyl sites for hydroxylation is 1. The van der Waals surface area contributed by atoms with Crippen LogP contribution in [0.15, 0.2) is 12.3 Å². The van der Waals surface area contributed by atoms with Crippen LogP contribution in [-0.2, 0) is 7.05 Å². The maximum Gasteiger partial charge on any atom is 0.320 e. The van der Waals surface area contributed by atoms with Gasteiger partial charge >= 0.3 is 6.03 Å². The summed E-state index contributed by atoms with van der Waals surface area (Å²) in [6.07, 6.45) is 5.34. The Kier molecular flexibility index (Phi) is 4.19. The number of hydrogen-bond donors (Lipinski definition) is 3. The van der Waals surface area contributed by atoms with E-state index in [1.165, 1.54) is 0 Å². The van der Waals surface area contributed by atoms with Crippen LogP contribution in [0.4, 0.5) is 10.6 Å². The Morgan fingerprint density at radius 1 is 1.61 bits per heavy atom. The average molecular weight is 252 g/mol. The molecule has 2 unspecified atom stereocenters. The van der Waals surface area contributed by atoms with Gasteiger partial charge in [0, 0.05) is 25.9 Å². The quantitative estimate of drug-likeness (QED) is 0.753. The van der Waals surface area contributed by atoms with Crippen molar-refractivity contribution >= 4 is 11.8 Å². The lowest BCUT2D eigenvalue weighted by atomic mass is 9.87. The fourth-order valence-corrected chi connectivity index (χ4v) is 2.33. The topological polar surface area (TPSA) is 79.2 Å². The molecule has 0 saturated heterocycles. The molecule has 3 N–H and O–H groups in total. The number of hydrogen-bond acceptors (Lipinski definition) is 3. The van der Waals surface area contributed by atoms with Gasteiger partial charge in [-0.25, -0.2) is 4.79 Å². The molecule has 6 heteroatoms. The van der Waals surface area contributed by atoms with Crippen LogP contribution >= 0.6 is 0 Å². The molecular weight excluding hydrogens is 232 g/mol. The lowest BCUT2D eigenvalue weighted by molar-refractivity contribution is 0.101. The van der Waals surface area contributed by atoms with Gasteiger partial charge in [0.25, 0.3) is 0 Å². The second-order valence-corrected chi connectivity index (χ2v) is 4.90. The molecule has 0 bridgehead atoms. The Balaban J connectivity index is 1.71. The third kappa shape index (κ3) is 3.73. The predicted molar refractivity (Wildman–Crippen MR) is 68.2 cm³/mol. The molecule has 1 fully saturated rings. The monoisotopic (exact) mass is 252 g/mol. The molecule has 0 spiro atoms. The lowest BCUT2D eigenvalue weighted by Crippen LogP contribution is -2.35. The number of rotatable bonds is 3. The first kappa shape index (κ1) is 12.9. The highest BCUT2D eigenvalue weighted by atomic mass is 16.3. The number of aromatic nitrogens is 2. The molecule has 1 aliphatic rings. The van der Waals surface area contributed by atoms with E-state index in [9.17, 15) is 9.90 Å². The van der Waals surface area contributed by atoms with Crippen molar-refractivity contribution in [2.45, 2.75) is 31.8 Å². The van der Waals surface area contributed by atoms with Crippen molar-refractivity contribution in [1.29, 1.82) is 0 Å². The van der Waals surface area contributed by atoms with Crippen LogP contribution in [0, 0.1) is 5.92 Å². The Labute approximate surface area is 106 Å². The first-order chi connectivity index (χ1) is 8.63. The van der Waals surface area contributed by atoms with E-state index in [2.05, 4.69) is 15.7 Å². The number of aliphatic hydroxyl groups excluding tert-OH is 1. The summed E-state index contributed by atoms with van der Waals surface area (Å²) in [4.78, 5) is 11.6. The second kappa shape index (κ2) is 5.86. The highest BCUT2D eigenvalue weighted by Crippen LogP contribution is 2.23. The number of anilines is 1. The SMILES string of the molecule is Cn1ccc(NC(=O)NCC2CCCC(O)C2)n1. The van der Waals surface area contributed by atoms with Gasteiger partial charge in [-0.3, -0.25) is 10.00 Å². The molecule has 0 aromatic carbocycles.